The average Bonchev–Trinajstić information content (AvgIpc) is 3.21. The molecule has 7 heteroatoms. The summed E-state index contributed by atoms with van der Waals surface area (Å²) >= 11 is 0. The Bertz CT molecular complexity index is 591. The number of carbonyl (C=O) groups is 1. The lowest BCUT2D eigenvalue weighted by Gasteiger charge is -2.23. The Labute approximate surface area is 129 Å². The lowest BCUT2D eigenvalue weighted by atomic mass is 10.2. The maximum atomic E-state index is 12.3. The number of hydrogen-bond acceptors (Lipinski definition) is 4. The largest absolute Gasteiger partial charge is 0.445 e. The van der Waals surface area contributed by atoms with Gasteiger partial charge in [-0.15, -0.1) is 6.58 Å². The second-order valence-electron chi connectivity index (χ2n) is 5.10. The van der Waals surface area contributed by atoms with E-state index in [1.165, 1.54) is 0 Å². The Morgan fingerprint density at radius 1 is 1.55 bits per heavy atom. The SMILES string of the molecule is C=CC1CC1(NC(=O)OCc1ccccc1)P(=O)(O)OCC. The molecule has 1 aromatic carbocycles. The van der Waals surface area contributed by atoms with Gasteiger partial charge in [0.25, 0.3) is 0 Å². The van der Waals surface area contributed by atoms with E-state index in [9.17, 15) is 14.3 Å². The normalized spacial score (nSPS) is 25.8. The van der Waals surface area contributed by atoms with Crippen molar-refractivity contribution >= 4 is 13.7 Å². The van der Waals surface area contributed by atoms with Crippen molar-refractivity contribution in [1.29, 1.82) is 0 Å². The van der Waals surface area contributed by atoms with E-state index in [-0.39, 0.29) is 19.1 Å². The van der Waals surface area contributed by atoms with Crippen LogP contribution in [0.3, 0.4) is 0 Å². The molecule has 120 valence electrons. The topological polar surface area (TPSA) is 84.9 Å². The van der Waals surface area contributed by atoms with Gasteiger partial charge < -0.3 is 19.5 Å². The molecule has 0 aliphatic heterocycles. The highest BCUT2D eigenvalue weighted by Gasteiger charge is 2.67. The zero-order valence-electron chi connectivity index (χ0n) is 12.4. The Morgan fingerprint density at radius 2 is 2.23 bits per heavy atom. The average molecular weight is 325 g/mol. The summed E-state index contributed by atoms with van der Waals surface area (Å²) in [6.45, 7) is 5.41. The van der Waals surface area contributed by atoms with E-state index in [4.69, 9.17) is 9.26 Å². The predicted octanol–water partition coefficient (Wildman–Crippen LogP) is 3.04. The zero-order chi connectivity index (χ0) is 16.2. The number of rotatable bonds is 7. The van der Waals surface area contributed by atoms with Gasteiger partial charge in [-0.25, -0.2) is 4.79 Å². The molecule has 6 nitrogen and oxygen atoms in total. The van der Waals surface area contributed by atoms with E-state index in [1.807, 2.05) is 30.3 Å². The summed E-state index contributed by atoms with van der Waals surface area (Å²) in [6.07, 6.45) is 1.10. The van der Waals surface area contributed by atoms with Crippen LogP contribution in [-0.2, 0) is 20.4 Å². The fourth-order valence-electron chi connectivity index (χ4n) is 2.32. The fraction of sp³-hybridized carbons (Fsp3) is 0.400. The van der Waals surface area contributed by atoms with E-state index in [0.29, 0.717) is 6.42 Å². The first-order valence-corrected chi connectivity index (χ1v) is 8.62. The minimum atomic E-state index is -3.99. The third-order valence-corrected chi connectivity index (χ3v) is 5.85. The van der Waals surface area contributed by atoms with Crippen LogP contribution in [0, 0.1) is 5.92 Å². The minimum Gasteiger partial charge on any atom is -0.445 e. The van der Waals surface area contributed by atoms with Crippen molar-refractivity contribution in [3.05, 3.63) is 48.6 Å². The smallest absolute Gasteiger partial charge is 0.408 e. The van der Waals surface area contributed by atoms with Gasteiger partial charge in [0, 0.05) is 5.92 Å². The zero-order valence-corrected chi connectivity index (χ0v) is 13.3. The summed E-state index contributed by atoms with van der Waals surface area (Å²) in [6, 6.07) is 9.18. The molecule has 3 atom stereocenters. The van der Waals surface area contributed by atoms with Gasteiger partial charge in [-0.2, -0.15) is 0 Å². The number of amides is 1. The van der Waals surface area contributed by atoms with Gasteiger partial charge >= 0.3 is 13.7 Å². The summed E-state index contributed by atoms with van der Waals surface area (Å²) in [5.41, 5.74) is 0.833. The van der Waals surface area contributed by atoms with E-state index < -0.39 is 19.0 Å². The Balaban J connectivity index is 1.99. The molecule has 0 radical (unpaired) electrons. The molecule has 2 N–H and O–H groups in total. The van der Waals surface area contributed by atoms with Crippen LogP contribution >= 0.6 is 7.60 Å². The van der Waals surface area contributed by atoms with E-state index in [2.05, 4.69) is 11.9 Å². The molecular formula is C15H20NO5P. The van der Waals surface area contributed by atoms with Crippen LogP contribution in [0.4, 0.5) is 4.79 Å². The Hall–Kier alpha value is -1.62. The van der Waals surface area contributed by atoms with Crippen molar-refractivity contribution in [3.63, 3.8) is 0 Å². The van der Waals surface area contributed by atoms with Crippen LogP contribution in [0.25, 0.3) is 0 Å². The number of benzene rings is 1. The molecule has 22 heavy (non-hydrogen) atoms. The van der Waals surface area contributed by atoms with E-state index in [1.54, 1.807) is 13.0 Å². The summed E-state index contributed by atoms with van der Waals surface area (Å²) in [4.78, 5) is 22.0. The highest BCUT2D eigenvalue weighted by molar-refractivity contribution is 7.55. The fourth-order valence-corrected chi connectivity index (χ4v) is 4.08. The molecule has 0 bridgehead atoms. The van der Waals surface area contributed by atoms with Crippen LogP contribution in [0.2, 0.25) is 0 Å². The first-order valence-electron chi connectivity index (χ1n) is 7.04. The van der Waals surface area contributed by atoms with Crippen LogP contribution in [-0.4, -0.2) is 22.9 Å². The number of carbonyl (C=O) groups excluding carboxylic acids is 1. The van der Waals surface area contributed by atoms with Crippen molar-refractivity contribution in [2.75, 3.05) is 6.61 Å². The van der Waals surface area contributed by atoms with Crippen LogP contribution in [0.5, 0.6) is 0 Å². The van der Waals surface area contributed by atoms with E-state index in [0.717, 1.165) is 5.56 Å². The highest BCUT2D eigenvalue weighted by atomic mass is 31.2. The van der Waals surface area contributed by atoms with Gasteiger partial charge in [-0.3, -0.25) is 4.57 Å². The lowest BCUT2D eigenvalue weighted by Crippen LogP contribution is -2.39. The molecule has 1 fully saturated rings. The van der Waals surface area contributed by atoms with Crippen LogP contribution < -0.4 is 5.32 Å². The highest BCUT2D eigenvalue weighted by Crippen LogP contribution is 2.69. The van der Waals surface area contributed by atoms with E-state index >= 15 is 0 Å². The predicted molar refractivity (Wildman–Crippen MR) is 82.2 cm³/mol. The van der Waals surface area contributed by atoms with Gasteiger partial charge in [0.05, 0.1) is 6.61 Å². The molecule has 1 amide bonds. The monoisotopic (exact) mass is 325 g/mol. The quantitative estimate of drug-likeness (QED) is 0.594. The number of alkyl carbamates (subject to hydrolysis) is 1. The molecule has 2 rings (SSSR count). The maximum absolute atomic E-state index is 12.3. The van der Waals surface area contributed by atoms with Crippen LogP contribution in [0.15, 0.2) is 43.0 Å². The number of hydrogen-bond donors (Lipinski definition) is 2. The number of ether oxygens (including phenoxy) is 1. The molecule has 0 spiro atoms. The molecule has 1 aliphatic rings. The molecule has 0 aromatic heterocycles. The first-order chi connectivity index (χ1) is 10.4. The molecule has 1 saturated carbocycles. The van der Waals surface area contributed by atoms with Gasteiger partial charge in [-0.05, 0) is 18.9 Å². The third kappa shape index (κ3) is 3.40. The summed E-state index contributed by atoms with van der Waals surface area (Å²) in [5.74, 6) is -0.306. The first kappa shape index (κ1) is 16.7. The number of nitrogens with one attached hydrogen (secondary N) is 1. The maximum Gasteiger partial charge on any atom is 0.408 e. The van der Waals surface area contributed by atoms with Gasteiger partial charge in [0.15, 0.2) is 5.28 Å². The van der Waals surface area contributed by atoms with Gasteiger partial charge in [0.2, 0.25) is 0 Å². The molecular weight excluding hydrogens is 305 g/mol. The van der Waals surface area contributed by atoms with Crippen molar-refractivity contribution in [1.82, 2.24) is 5.32 Å². The molecule has 0 saturated heterocycles. The van der Waals surface area contributed by atoms with Gasteiger partial charge in [0.1, 0.15) is 6.61 Å². The minimum absolute atomic E-state index is 0.0835. The summed E-state index contributed by atoms with van der Waals surface area (Å²) in [7, 11) is -3.99. The van der Waals surface area contributed by atoms with Crippen LogP contribution in [0.1, 0.15) is 18.9 Å². The second kappa shape index (κ2) is 6.65. The summed E-state index contributed by atoms with van der Waals surface area (Å²) < 4.78 is 22.3. The second-order valence-corrected chi connectivity index (χ2v) is 7.19. The van der Waals surface area contributed by atoms with Gasteiger partial charge in [-0.1, -0.05) is 36.4 Å². The van der Waals surface area contributed by atoms with Crippen molar-refractivity contribution < 1.29 is 23.5 Å². The molecule has 0 heterocycles. The standard InChI is InChI=1S/C15H20NO5P/c1-3-13-10-15(13,22(18,19)21-4-2)16-14(17)20-11-12-8-6-5-7-9-12/h3,5-9,13H,1,4,10-11H2,2H3,(H,16,17)(H,18,19). The Kier molecular flexibility index (Phi) is 5.06. The Morgan fingerprint density at radius 3 is 2.77 bits per heavy atom. The van der Waals surface area contributed by atoms with Crippen molar-refractivity contribution in [2.24, 2.45) is 5.92 Å². The molecule has 1 aliphatic carbocycles. The summed E-state index contributed by atoms with van der Waals surface area (Å²) in [5, 5.41) is 1.17. The third-order valence-electron chi connectivity index (χ3n) is 3.61. The molecule has 3 unspecified atom stereocenters. The lowest BCUT2D eigenvalue weighted by molar-refractivity contribution is 0.134. The van der Waals surface area contributed by atoms with Crippen molar-refractivity contribution in [3.8, 4) is 0 Å². The van der Waals surface area contributed by atoms with Crippen molar-refractivity contribution in [2.45, 2.75) is 25.2 Å². The molecule has 1 aromatic rings.